The van der Waals surface area contributed by atoms with Crippen molar-refractivity contribution in [3.8, 4) is 0 Å². The van der Waals surface area contributed by atoms with Gasteiger partial charge >= 0.3 is 0 Å². The fourth-order valence-electron chi connectivity index (χ4n) is 1.98. The molecule has 0 amide bonds. The number of hydrogen-bond donors (Lipinski definition) is 2. The van der Waals surface area contributed by atoms with Gasteiger partial charge in [-0.3, -0.25) is 0 Å². The molecule has 2 aromatic rings. The van der Waals surface area contributed by atoms with Gasteiger partial charge in [-0.2, -0.15) is 0 Å². The summed E-state index contributed by atoms with van der Waals surface area (Å²) in [4.78, 5) is 1.45. The summed E-state index contributed by atoms with van der Waals surface area (Å²) in [7, 11) is -3.65. The van der Waals surface area contributed by atoms with E-state index in [0.717, 1.165) is 22.3 Å². The Labute approximate surface area is 137 Å². The van der Waals surface area contributed by atoms with Crippen molar-refractivity contribution < 1.29 is 8.42 Å². The van der Waals surface area contributed by atoms with Crippen LogP contribution < -0.4 is 10.5 Å². The predicted molar refractivity (Wildman–Crippen MR) is 90.0 cm³/mol. The highest BCUT2D eigenvalue weighted by Crippen LogP contribution is 2.22. The van der Waals surface area contributed by atoms with Crippen LogP contribution in [0.5, 0.6) is 0 Å². The molecule has 0 fully saturated rings. The Balaban J connectivity index is 1.95. The third kappa shape index (κ3) is 4.89. The van der Waals surface area contributed by atoms with E-state index in [4.69, 9.17) is 5.14 Å². The van der Waals surface area contributed by atoms with Crippen LogP contribution in [0, 0.1) is 0 Å². The van der Waals surface area contributed by atoms with Gasteiger partial charge in [-0.05, 0) is 59.1 Å². The van der Waals surface area contributed by atoms with E-state index in [0.29, 0.717) is 0 Å². The second kappa shape index (κ2) is 7.02. The monoisotopic (exact) mass is 388 g/mol. The lowest BCUT2D eigenvalue weighted by Gasteiger charge is -2.14. The van der Waals surface area contributed by atoms with E-state index < -0.39 is 10.0 Å². The summed E-state index contributed by atoms with van der Waals surface area (Å²) in [5, 5.41) is 8.54. The molecule has 0 aliphatic rings. The highest BCUT2D eigenvalue weighted by Gasteiger charge is 2.11. The topological polar surface area (TPSA) is 72.2 Å². The SMILES string of the molecule is CC(NCCc1ccc(Br)s1)c1cccc(S(N)(=O)=O)c1. The first-order valence-corrected chi connectivity index (χ1v) is 9.62. The third-order valence-electron chi connectivity index (χ3n) is 3.14. The lowest BCUT2D eigenvalue weighted by molar-refractivity contribution is 0.576. The van der Waals surface area contributed by atoms with Crippen molar-refractivity contribution in [3.05, 3.63) is 50.6 Å². The van der Waals surface area contributed by atoms with E-state index in [-0.39, 0.29) is 10.9 Å². The number of benzene rings is 1. The average molecular weight is 389 g/mol. The Bertz CT molecular complexity index is 713. The fourth-order valence-corrected chi connectivity index (χ4v) is 4.03. The van der Waals surface area contributed by atoms with Gasteiger partial charge in [-0.25, -0.2) is 13.6 Å². The second-order valence-electron chi connectivity index (χ2n) is 4.75. The molecular weight excluding hydrogens is 372 g/mol. The lowest BCUT2D eigenvalue weighted by Crippen LogP contribution is -2.21. The maximum Gasteiger partial charge on any atom is 0.238 e. The lowest BCUT2D eigenvalue weighted by atomic mass is 10.1. The number of nitrogens with two attached hydrogens (primary N) is 1. The van der Waals surface area contributed by atoms with Gasteiger partial charge in [0.1, 0.15) is 0 Å². The van der Waals surface area contributed by atoms with Gasteiger partial charge in [0.2, 0.25) is 10.0 Å². The Morgan fingerprint density at radius 3 is 2.71 bits per heavy atom. The van der Waals surface area contributed by atoms with Crippen molar-refractivity contribution in [1.29, 1.82) is 0 Å². The standard InChI is InChI=1S/C14H17BrN2O2S2/c1-10(17-8-7-12-5-6-14(15)20-12)11-3-2-4-13(9-11)21(16,18)19/h2-6,9-10,17H,7-8H2,1H3,(H2,16,18,19). The van der Waals surface area contributed by atoms with Gasteiger partial charge in [0.15, 0.2) is 0 Å². The zero-order valence-corrected chi connectivity index (χ0v) is 14.8. The maximum atomic E-state index is 11.4. The molecule has 7 heteroatoms. The molecule has 0 aliphatic carbocycles. The number of sulfonamides is 1. The molecule has 1 atom stereocenters. The number of hydrogen-bond acceptors (Lipinski definition) is 4. The van der Waals surface area contributed by atoms with Crippen molar-refractivity contribution in [3.63, 3.8) is 0 Å². The van der Waals surface area contributed by atoms with Crippen molar-refractivity contribution in [2.45, 2.75) is 24.3 Å². The van der Waals surface area contributed by atoms with E-state index in [2.05, 4.69) is 27.3 Å². The molecule has 1 heterocycles. The number of rotatable bonds is 6. The van der Waals surface area contributed by atoms with Crippen LogP contribution in [0.3, 0.4) is 0 Å². The first-order chi connectivity index (χ1) is 9.86. The smallest absolute Gasteiger partial charge is 0.238 e. The van der Waals surface area contributed by atoms with Gasteiger partial charge in [0, 0.05) is 17.5 Å². The van der Waals surface area contributed by atoms with Crippen LogP contribution in [0.15, 0.2) is 45.1 Å². The molecule has 114 valence electrons. The fraction of sp³-hybridized carbons (Fsp3) is 0.286. The molecule has 0 saturated heterocycles. The highest BCUT2D eigenvalue weighted by molar-refractivity contribution is 9.11. The highest BCUT2D eigenvalue weighted by atomic mass is 79.9. The first-order valence-electron chi connectivity index (χ1n) is 6.46. The van der Waals surface area contributed by atoms with Gasteiger partial charge < -0.3 is 5.32 Å². The minimum atomic E-state index is -3.65. The van der Waals surface area contributed by atoms with Crippen molar-refractivity contribution in [1.82, 2.24) is 5.32 Å². The largest absolute Gasteiger partial charge is 0.310 e. The zero-order valence-electron chi connectivity index (χ0n) is 11.5. The number of halogens is 1. The second-order valence-corrected chi connectivity index (χ2v) is 8.86. The van der Waals surface area contributed by atoms with E-state index >= 15 is 0 Å². The molecular formula is C14H17BrN2O2S2. The Morgan fingerprint density at radius 1 is 1.33 bits per heavy atom. The van der Waals surface area contributed by atoms with Crippen molar-refractivity contribution in [2.24, 2.45) is 5.14 Å². The summed E-state index contributed by atoms with van der Waals surface area (Å²) in [5.41, 5.74) is 0.911. The van der Waals surface area contributed by atoms with Crippen LogP contribution in [0.4, 0.5) is 0 Å². The van der Waals surface area contributed by atoms with Crippen LogP contribution in [0.2, 0.25) is 0 Å². The third-order valence-corrected chi connectivity index (χ3v) is 5.73. The molecule has 0 aliphatic heterocycles. The molecule has 1 aromatic heterocycles. The quantitative estimate of drug-likeness (QED) is 0.798. The summed E-state index contributed by atoms with van der Waals surface area (Å²) in [6.45, 7) is 2.83. The molecule has 4 nitrogen and oxygen atoms in total. The number of nitrogens with one attached hydrogen (secondary N) is 1. The molecule has 3 N–H and O–H groups in total. The van der Waals surface area contributed by atoms with E-state index in [1.165, 1.54) is 10.9 Å². The van der Waals surface area contributed by atoms with Crippen molar-refractivity contribution >= 4 is 37.3 Å². The summed E-state index contributed by atoms with van der Waals surface area (Å²) in [5.74, 6) is 0. The van der Waals surface area contributed by atoms with E-state index in [1.807, 2.05) is 19.1 Å². The normalized spacial score (nSPS) is 13.3. The van der Waals surface area contributed by atoms with E-state index in [1.54, 1.807) is 23.5 Å². The molecule has 1 aromatic carbocycles. The molecule has 2 rings (SSSR count). The predicted octanol–water partition coefficient (Wildman–Crippen LogP) is 3.05. The Kier molecular flexibility index (Phi) is 5.56. The Morgan fingerprint density at radius 2 is 2.10 bits per heavy atom. The van der Waals surface area contributed by atoms with E-state index in [9.17, 15) is 8.42 Å². The van der Waals surface area contributed by atoms with Crippen LogP contribution in [-0.4, -0.2) is 15.0 Å². The van der Waals surface area contributed by atoms with Gasteiger partial charge in [0.25, 0.3) is 0 Å². The van der Waals surface area contributed by atoms with Crippen molar-refractivity contribution in [2.75, 3.05) is 6.54 Å². The van der Waals surface area contributed by atoms with Gasteiger partial charge in [0.05, 0.1) is 8.68 Å². The molecule has 0 bridgehead atoms. The summed E-state index contributed by atoms with van der Waals surface area (Å²) in [6.07, 6.45) is 0.940. The van der Waals surface area contributed by atoms with Gasteiger partial charge in [-0.15, -0.1) is 11.3 Å². The molecule has 21 heavy (non-hydrogen) atoms. The summed E-state index contributed by atoms with van der Waals surface area (Å²) < 4.78 is 23.9. The minimum Gasteiger partial charge on any atom is -0.310 e. The van der Waals surface area contributed by atoms with Crippen LogP contribution in [0.1, 0.15) is 23.4 Å². The first kappa shape index (κ1) is 16.6. The van der Waals surface area contributed by atoms with Crippen LogP contribution in [-0.2, 0) is 16.4 Å². The molecule has 1 unspecified atom stereocenters. The van der Waals surface area contributed by atoms with Gasteiger partial charge in [-0.1, -0.05) is 12.1 Å². The Hall–Kier alpha value is -0.730. The number of thiophene rings is 1. The zero-order chi connectivity index (χ0) is 15.5. The van der Waals surface area contributed by atoms with Crippen LogP contribution in [0.25, 0.3) is 0 Å². The maximum absolute atomic E-state index is 11.4. The van der Waals surface area contributed by atoms with Crippen LogP contribution >= 0.6 is 27.3 Å². The average Bonchev–Trinajstić information content (AvgIpc) is 2.83. The summed E-state index contributed by atoms with van der Waals surface area (Å²) in [6, 6.07) is 10.9. The minimum absolute atomic E-state index is 0.0649. The molecule has 0 saturated carbocycles. The molecule has 0 radical (unpaired) electrons. The molecule has 0 spiro atoms. The summed E-state index contributed by atoms with van der Waals surface area (Å²) >= 11 is 5.17. The number of primary sulfonamides is 1.